The van der Waals surface area contributed by atoms with E-state index in [1.165, 1.54) is 0 Å². The minimum atomic E-state index is -4.12. The van der Waals surface area contributed by atoms with E-state index in [4.69, 9.17) is 4.74 Å². The maximum absolute atomic E-state index is 12.1. The lowest BCUT2D eigenvalue weighted by Crippen LogP contribution is -2.49. The maximum atomic E-state index is 12.1. The van der Waals surface area contributed by atoms with Gasteiger partial charge in [-0.3, -0.25) is 4.79 Å². The Balaban J connectivity index is 2.81. The highest BCUT2D eigenvalue weighted by Crippen LogP contribution is 2.23. The first-order valence-electron chi connectivity index (χ1n) is 6.76. The summed E-state index contributed by atoms with van der Waals surface area (Å²) < 4.78 is 36.7. The van der Waals surface area contributed by atoms with Crippen molar-refractivity contribution in [3.8, 4) is 0 Å². The van der Waals surface area contributed by atoms with E-state index in [1.54, 1.807) is 32.4 Å². The van der Waals surface area contributed by atoms with Crippen LogP contribution in [0.25, 0.3) is 0 Å². The summed E-state index contributed by atoms with van der Waals surface area (Å²) in [5, 5.41) is 0. The lowest BCUT2D eigenvalue weighted by Gasteiger charge is -2.26. The Morgan fingerprint density at radius 1 is 1.33 bits per heavy atom. The van der Waals surface area contributed by atoms with Gasteiger partial charge in [-0.1, -0.05) is 0 Å². The van der Waals surface area contributed by atoms with Crippen molar-refractivity contribution in [3.63, 3.8) is 0 Å². The fourth-order valence-corrected chi connectivity index (χ4v) is 3.24. The summed E-state index contributed by atoms with van der Waals surface area (Å²) in [6.45, 7) is 6.88. The van der Waals surface area contributed by atoms with Gasteiger partial charge in [-0.2, -0.15) is 12.7 Å². The van der Waals surface area contributed by atoms with E-state index in [9.17, 15) is 18.0 Å². The molecule has 0 spiro atoms. The molecule has 0 radical (unpaired) electrons. The third-order valence-electron chi connectivity index (χ3n) is 2.68. The van der Waals surface area contributed by atoms with E-state index in [0.717, 1.165) is 4.31 Å². The second-order valence-corrected chi connectivity index (χ2v) is 7.25. The molecule has 1 N–H and O–H groups in total. The fourth-order valence-electron chi connectivity index (χ4n) is 1.96. The van der Waals surface area contributed by atoms with Crippen LogP contribution in [0.1, 0.15) is 40.5 Å². The second kappa shape index (κ2) is 6.61. The summed E-state index contributed by atoms with van der Waals surface area (Å²) >= 11 is 0. The quantitative estimate of drug-likeness (QED) is 0.768. The van der Waals surface area contributed by atoms with Crippen molar-refractivity contribution in [1.82, 2.24) is 9.03 Å². The van der Waals surface area contributed by atoms with Crippen molar-refractivity contribution in [1.29, 1.82) is 0 Å². The molecule has 9 heteroatoms. The zero-order chi connectivity index (χ0) is 16.3. The minimum Gasteiger partial charge on any atom is -0.459 e. The molecule has 0 unspecified atom stereocenters. The van der Waals surface area contributed by atoms with Gasteiger partial charge >= 0.3 is 22.3 Å². The number of nitrogens with zero attached hydrogens (tertiary/aromatic N) is 1. The number of ether oxygens (including phenoxy) is 2. The number of hydrogen-bond acceptors (Lipinski definition) is 6. The van der Waals surface area contributed by atoms with Crippen LogP contribution in [0.4, 0.5) is 4.79 Å². The van der Waals surface area contributed by atoms with E-state index in [1.807, 2.05) is 0 Å². The van der Waals surface area contributed by atoms with Crippen LogP contribution in [0, 0.1) is 0 Å². The normalized spacial score (nSPS) is 20.1. The van der Waals surface area contributed by atoms with Crippen molar-refractivity contribution < 1.29 is 27.5 Å². The molecule has 8 nitrogen and oxygen atoms in total. The van der Waals surface area contributed by atoms with Gasteiger partial charge in [0.2, 0.25) is 0 Å². The van der Waals surface area contributed by atoms with Crippen molar-refractivity contribution in [2.75, 3.05) is 13.2 Å². The largest absolute Gasteiger partial charge is 0.459 e. The Morgan fingerprint density at radius 2 is 1.95 bits per heavy atom. The minimum absolute atomic E-state index is 0.0524. The van der Waals surface area contributed by atoms with Crippen LogP contribution < -0.4 is 4.72 Å². The first-order valence-corrected chi connectivity index (χ1v) is 8.20. The Morgan fingerprint density at radius 3 is 2.48 bits per heavy atom. The van der Waals surface area contributed by atoms with E-state index in [0.29, 0.717) is 12.8 Å². The summed E-state index contributed by atoms with van der Waals surface area (Å²) in [7, 11) is -4.12. The van der Waals surface area contributed by atoms with Crippen LogP contribution in [0.5, 0.6) is 0 Å². The van der Waals surface area contributed by atoms with E-state index >= 15 is 0 Å². The number of nitrogens with one attached hydrogen (secondary N) is 1. The van der Waals surface area contributed by atoms with Gasteiger partial charge in [-0.05, 0) is 40.5 Å². The molecule has 1 rings (SSSR count). The monoisotopic (exact) mass is 322 g/mol. The molecular formula is C12H22N2O6S. The topological polar surface area (TPSA) is 102 Å². The van der Waals surface area contributed by atoms with Crippen LogP contribution in [0.15, 0.2) is 0 Å². The molecule has 1 fully saturated rings. The summed E-state index contributed by atoms with van der Waals surface area (Å²) in [6.07, 6.45) is -0.181. The first-order chi connectivity index (χ1) is 9.57. The van der Waals surface area contributed by atoms with Crippen LogP contribution in [-0.2, 0) is 24.5 Å². The molecule has 0 aromatic carbocycles. The molecule has 1 aliphatic rings. The number of carbonyl (C=O) groups excluding carboxylic acids is 2. The Hall–Kier alpha value is -1.35. The number of rotatable bonds is 4. The average molecular weight is 322 g/mol. The summed E-state index contributed by atoms with van der Waals surface area (Å²) in [5.41, 5.74) is -0.705. The highest BCUT2D eigenvalue weighted by Gasteiger charge is 2.41. The van der Waals surface area contributed by atoms with Gasteiger partial charge in [-0.15, -0.1) is 0 Å². The highest BCUT2D eigenvalue weighted by molar-refractivity contribution is 7.87. The highest BCUT2D eigenvalue weighted by atomic mass is 32.2. The fraction of sp³-hybridized carbons (Fsp3) is 0.833. The van der Waals surface area contributed by atoms with Gasteiger partial charge in [-0.25, -0.2) is 9.52 Å². The molecule has 122 valence electrons. The maximum Gasteiger partial charge on any atom is 0.421 e. The molecule has 0 aromatic heterocycles. The Labute approximate surface area is 125 Å². The molecule has 0 bridgehead atoms. The standard InChI is InChI=1S/C12H22N2O6S/c1-5-19-11(16)13-21(17,18)14-8-6-7-9(14)10(15)20-12(2,3)4/h9H,5-8H2,1-4H3,(H,13,16)/t9-/m0/s1. The number of carbonyl (C=O) groups is 2. The van der Waals surface area contributed by atoms with Gasteiger partial charge in [0.05, 0.1) is 6.61 Å². The van der Waals surface area contributed by atoms with Crippen LogP contribution >= 0.6 is 0 Å². The van der Waals surface area contributed by atoms with Gasteiger partial charge in [0.1, 0.15) is 11.6 Å². The Bertz CT molecular complexity index is 496. The lowest BCUT2D eigenvalue weighted by molar-refractivity contribution is -0.158. The van der Waals surface area contributed by atoms with Crippen molar-refractivity contribution in [2.45, 2.75) is 52.2 Å². The molecule has 1 atom stereocenters. The number of esters is 1. The van der Waals surface area contributed by atoms with Crippen LogP contribution in [0.3, 0.4) is 0 Å². The SMILES string of the molecule is CCOC(=O)NS(=O)(=O)N1CCC[C@H]1C(=O)OC(C)(C)C. The molecule has 0 aromatic rings. The van der Waals surface area contributed by atoms with Gasteiger partial charge in [0, 0.05) is 6.54 Å². The zero-order valence-corrected chi connectivity index (χ0v) is 13.5. The molecular weight excluding hydrogens is 300 g/mol. The van der Waals surface area contributed by atoms with Gasteiger partial charge in [0.15, 0.2) is 0 Å². The predicted molar refractivity (Wildman–Crippen MR) is 74.7 cm³/mol. The van der Waals surface area contributed by atoms with E-state index in [-0.39, 0.29) is 13.2 Å². The summed E-state index contributed by atoms with van der Waals surface area (Å²) in [5.74, 6) is -0.616. The average Bonchev–Trinajstić information content (AvgIpc) is 2.75. The van der Waals surface area contributed by atoms with Crippen LogP contribution in [-0.4, -0.2) is 49.6 Å². The van der Waals surface area contributed by atoms with Crippen molar-refractivity contribution >= 4 is 22.3 Å². The Kier molecular flexibility index (Phi) is 5.57. The van der Waals surface area contributed by atoms with Crippen molar-refractivity contribution in [3.05, 3.63) is 0 Å². The lowest BCUT2D eigenvalue weighted by atomic mass is 10.2. The number of hydrogen-bond donors (Lipinski definition) is 1. The van der Waals surface area contributed by atoms with Crippen LogP contribution in [0.2, 0.25) is 0 Å². The molecule has 1 saturated heterocycles. The summed E-state index contributed by atoms with van der Waals surface area (Å²) in [4.78, 5) is 23.3. The van der Waals surface area contributed by atoms with E-state index < -0.39 is 33.9 Å². The second-order valence-electron chi connectivity index (χ2n) is 5.63. The predicted octanol–water partition coefficient (Wildman–Crippen LogP) is 0.783. The molecule has 1 aliphatic heterocycles. The molecule has 1 heterocycles. The molecule has 1 amide bonds. The molecule has 21 heavy (non-hydrogen) atoms. The third kappa shape index (κ3) is 5.16. The van der Waals surface area contributed by atoms with Gasteiger partial charge in [0.25, 0.3) is 0 Å². The first kappa shape index (κ1) is 17.7. The van der Waals surface area contributed by atoms with Crippen molar-refractivity contribution in [2.24, 2.45) is 0 Å². The smallest absolute Gasteiger partial charge is 0.421 e. The van der Waals surface area contributed by atoms with Gasteiger partial charge < -0.3 is 9.47 Å². The third-order valence-corrected chi connectivity index (χ3v) is 4.16. The number of amides is 1. The summed E-state index contributed by atoms with van der Waals surface area (Å²) in [6, 6.07) is -0.920. The zero-order valence-electron chi connectivity index (χ0n) is 12.7. The molecule has 0 saturated carbocycles. The van der Waals surface area contributed by atoms with E-state index in [2.05, 4.69) is 4.74 Å². The molecule has 0 aliphatic carbocycles.